The summed E-state index contributed by atoms with van der Waals surface area (Å²) in [7, 11) is 2.47. The zero-order chi connectivity index (χ0) is 21.3. The van der Waals surface area contributed by atoms with Gasteiger partial charge in [0.2, 0.25) is 0 Å². The molecular formula is C23H34N2O3. The first-order chi connectivity index (χ1) is 13.6. The maximum atomic E-state index is 9.99. The molecule has 154 valence electrons. The molecular weight excluding hydrogens is 352 g/mol. The third-order valence-electron chi connectivity index (χ3n) is 4.48. The van der Waals surface area contributed by atoms with Gasteiger partial charge in [-0.05, 0) is 56.5 Å². The standard InChI is InChI=1S/C22H30N2O2.CH4O/c1-4-21(26-3)20(25)12-15-22(5-2,18-23)14-9-16-24-17-13-19-10-7-6-8-11-19;1-2/h4,6-8,10-12,15,24-25H,1,5,9,13-14,16-17H2,2-3H3;2H,1H3/b15-12+,21-20-;. The quantitative estimate of drug-likeness (QED) is 0.283. The van der Waals surface area contributed by atoms with Crippen LogP contribution in [0.4, 0.5) is 0 Å². The van der Waals surface area contributed by atoms with Crippen LogP contribution in [-0.4, -0.2) is 37.5 Å². The van der Waals surface area contributed by atoms with Crippen LogP contribution in [0.1, 0.15) is 31.7 Å². The number of allylic oxidation sites excluding steroid dienone is 3. The Kier molecular flexibility index (Phi) is 14.1. The van der Waals surface area contributed by atoms with Gasteiger partial charge in [-0.25, -0.2) is 0 Å². The van der Waals surface area contributed by atoms with Crippen molar-refractivity contribution in [3.8, 4) is 6.07 Å². The molecule has 0 heterocycles. The molecule has 0 aliphatic heterocycles. The molecule has 0 amide bonds. The lowest BCUT2D eigenvalue weighted by Gasteiger charge is -2.21. The van der Waals surface area contributed by atoms with E-state index in [0.717, 1.165) is 39.5 Å². The SMILES string of the molecule is C=C/C(OC)=C(O)\C=C\C(C#N)(CC)CCCNCCc1ccccc1.CO. The minimum absolute atomic E-state index is 0.0171. The number of nitrogens with one attached hydrogen (secondary N) is 1. The Balaban J connectivity index is 0.00000352. The predicted molar refractivity (Wildman–Crippen MR) is 115 cm³/mol. The molecule has 0 saturated heterocycles. The third kappa shape index (κ3) is 9.40. The highest BCUT2D eigenvalue weighted by atomic mass is 16.5. The van der Waals surface area contributed by atoms with Crippen LogP contribution >= 0.6 is 0 Å². The van der Waals surface area contributed by atoms with E-state index in [1.807, 2.05) is 13.0 Å². The summed E-state index contributed by atoms with van der Waals surface area (Å²) in [5.41, 5.74) is 0.732. The topological polar surface area (TPSA) is 85.5 Å². The molecule has 1 rings (SSSR count). The highest BCUT2D eigenvalue weighted by molar-refractivity contribution is 5.25. The second-order valence-electron chi connectivity index (χ2n) is 6.20. The van der Waals surface area contributed by atoms with Gasteiger partial charge in [0, 0.05) is 7.11 Å². The van der Waals surface area contributed by atoms with E-state index in [1.165, 1.54) is 24.8 Å². The van der Waals surface area contributed by atoms with E-state index < -0.39 is 5.41 Å². The second-order valence-corrected chi connectivity index (χ2v) is 6.20. The van der Waals surface area contributed by atoms with Crippen molar-refractivity contribution in [2.75, 3.05) is 27.3 Å². The molecule has 1 aromatic rings. The second kappa shape index (κ2) is 15.5. The Morgan fingerprint density at radius 3 is 2.50 bits per heavy atom. The molecule has 1 aromatic carbocycles. The van der Waals surface area contributed by atoms with Crippen molar-refractivity contribution in [3.63, 3.8) is 0 Å². The van der Waals surface area contributed by atoms with E-state index in [2.05, 4.69) is 42.2 Å². The normalized spacial score (nSPS) is 13.5. The van der Waals surface area contributed by atoms with Gasteiger partial charge in [0.05, 0.1) is 18.6 Å². The van der Waals surface area contributed by atoms with Crippen molar-refractivity contribution < 1.29 is 14.9 Å². The van der Waals surface area contributed by atoms with Crippen LogP contribution in [0.15, 0.2) is 66.7 Å². The highest BCUT2D eigenvalue weighted by Gasteiger charge is 2.24. The summed E-state index contributed by atoms with van der Waals surface area (Å²) in [6.07, 6.45) is 8.06. The number of aliphatic hydroxyl groups is 2. The molecule has 5 heteroatoms. The van der Waals surface area contributed by atoms with Gasteiger partial charge < -0.3 is 20.3 Å². The van der Waals surface area contributed by atoms with Crippen molar-refractivity contribution >= 4 is 0 Å². The molecule has 1 unspecified atom stereocenters. The molecule has 0 fully saturated rings. The first-order valence-corrected chi connectivity index (χ1v) is 9.50. The molecule has 5 nitrogen and oxygen atoms in total. The zero-order valence-electron chi connectivity index (χ0n) is 17.3. The number of hydrogen-bond donors (Lipinski definition) is 3. The average molecular weight is 387 g/mol. The van der Waals surface area contributed by atoms with Gasteiger partial charge in [-0.1, -0.05) is 49.9 Å². The van der Waals surface area contributed by atoms with Gasteiger partial charge in [0.1, 0.15) is 0 Å². The van der Waals surface area contributed by atoms with Gasteiger partial charge in [-0.3, -0.25) is 0 Å². The number of nitrogens with zero attached hydrogens (tertiary/aromatic N) is 1. The van der Waals surface area contributed by atoms with Crippen molar-refractivity contribution in [1.29, 1.82) is 5.26 Å². The van der Waals surface area contributed by atoms with Gasteiger partial charge in [0.25, 0.3) is 0 Å². The fourth-order valence-corrected chi connectivity index (χ4v) is 2.69. The Bertz CT molecular complexity index is 648. The van der Waals surface area contributed by atoms with Crippen molar-refractivity contribution in [1.82, 2.24) is 5.32 Å². The summed E-state index contributed by atoms with van der Waals surface area (Å²) in [6, 6.07) is 12.8. The fourth-order valence-electron chi connectivity index (χ4n) is 2.69. The predicted octanol–water partition coefficient (Wildman–Crippen LogP) is 4.29. The lowest BCUT2D eigenvalue weighted by atomic mass is 9.81. The van der Waals surface area contributed by atoms with E-state index >= 15 is 0 Å². The number of hydrogen-bond acceptors (Lipinski definition) is 5. The van der Waals surface area contributed by atoms with Gasteiger partial charge in [0.15, 0.2) is 11.5 Å². The first-order valence-electron chi connectivity index (χ1n) is 9.50. The Morgan fingerprint density at radius 1 is 1.29 bits per heavy atom. The summed E-state index contributed by atoms with van der Waals surface area (Å²) >= 11 is 0. The molecule has 28 heavy (non-hydrogen) atoms. The first kappa shape index (κ1) is 25.4. The minimum Gasteiger partial charge on any atom is -0.504 e. The molecule has 3 N–H and O–H groups in total. The molecule has 0 aromatic heterocycles. The maximum absolute atomic E-state index is 9.99. The molecule has 1 atom stereocenters. The smallest absolute Gasteiger partial charge is 0.159 e. The largest absolute Gasteiger partial charge is 0.504 e. The minimum atomic E-state index is -0.588. The summed E-state index contributed by atoms with van der Waals surface area (Å²) < 4.78 is 5.02. The Morgan fingerprint density at radius 2 is 1.96 bits per heavy atom. The number of nitriles is 1. The van der Waals surface area contributed by atoms with Crippen molar-refractivity contribution in [2.45, 2.75) is 32.6 Å². The van der Waals surface area contributed by atoms with Crippen LogP contribution in [0.2, 0.25) is 0 Å². The van der Waals surface area contributed by atoms with Crippen LogP contribution < -0.4 is 5.32 Å². The van der Waals surface area contributed by atoms with E-state index in [9.17, 15) is 10.4 Å². The van der Waals surface area contributed by atoms with Crippen LogP contribution in [0.5, 0.6) is 0 Å². The van der Waals surface area contributed by atoms with Crippen LogP contribution in [0, 0.1) is 16.7 Å². The van der Waals surface area contributed by atoms with E-state index in [-0.39, 0.29) is 5.76 Å². The molecule has 0 radical (unpaired) electrons. The fraction of sp³-hybridized carbons (Fsp3) is 0.435. The van der Waals surface area contributed by atoms with E-state index in [1.54, 1.807) is 6.08 Å². The number of aliphatic hydroxyl groups excluding tert-OH is 2. The third-order valence-corrected chi connectivity index (χ3v) is 4.48. The number of methoxy groups -OCH3 is 1. The lowest BCUT2D eigenvalue weighted by Crippen LogP contribution is -2.22. The maximum Gasteiger partial charge on any atom is 0.159 e. The van der Waals surface area contributed by atoms with Crippen LogP contribution in [-0.2, 0) is 11.2 Å². The average Bonchev–Trinajstić information content (AvgIpc) is 2.76. The zero-order valence-corrected chi connectivity index (χ0v) is 17.3. The number of benzene rings is 1. The van der Waals surface area contributed by atoms with Gasteiger partial charge in [-0.2, -0.15) is 5.26 Å². The molecule has 0 aliphatic rings. The van der Waals surface area contributed by atoms with Crippen LogP contribution in [0.25, 0.3) is 0 Å². The lowest BCUT2D eigenvalue weighted by molar-refractivity contribution is 0.274. The Labute approximate surface area is 169 Å². The summed E-state index contributed by atoms with van der Waals surface area (Å²) in [6.45, 7) is 7.36. The summed E-state index contributed by atoms with van der Waals surface area (Å²) in [4.78, 5) is 0. The van der Waals surface area contributed by atoms with Crippen molar-refractivity contribution in [2.24, 2.45) is 5.41 Å². The molecule has 0 aliphatic carbocycles. The number of ether oxygens (including phenoxy) is 1. The summed E-state index contributed by atoms with van der Waals surface area (Å²) in [5.74, 6) is 0.281. The van der Waals surface area contributed by atoms with Gasteiger partial charge >= 0.3 is 0 Å². The molecule has 0 spiro atoms. The van der Waals surface area contributed by atoms with Crippen LogP contribution in [0.3, 0.4) is 0 Å². The summed E-state index contributed by atoms with van der Waals surface area (Å²) in [5, 5.41) is 30.0. The number of rotatable bonds is 12. The monoisotopic (exact) mass is 386 g/mol. The van der Waals surface area contributed by atoms with Gasteiger partial charge in [-0.15, -0.1) is 0 Å². The molecule has 0 saturated carbocycles. The van der Waals surface area contributed by atoms with Crippen molar-refractivity contribution in [3.05, 3.63) is 72.2 Å². The van der Waals surface area contributed by atoms with E-state index in [0.29, 0.717) is 12.2 Å². The van der Waals surface area contributed by atoms with E-state index in [4.69, 9.17) is 9.84 Å². The Hall–Kier alpha value is -2.55. The molecule has 0 bridgehead atoms. The highest BCUT2D eigenvalue weighted by Crippen LogP contribution is 2.29.